The number of carbonyl (C=O) groups is 1. The summed E-state index contributed by atoms with van der Waals surface area (Å²) in [4.78, 5) is 19.2. The third-order valence-electron chi connectivity index (χ3n) is 2.76. The first kappa shape index (κ1) is 12.3. The van der Waals surface area contributed by atoms with Crippen LogP contribution in [0.5, 0.6) is 5.88 Å². The van der Waals surface area contributed by atoms with Crippen LogP contribution in [0.4, 0.5) is 5.95 Å². The summed E-state index contributed by atoms with van der Waals surface area (Å²) in [7, 11) is 1.54. The molecule has 1 aromatic heterocycles. The Kier molecular flexibility index (Phi) is 3.45. The second kappa shape index (κ2) is 5.03. The first-order chi connectivity index (χ1) is 8.58. The van der Waals surface area contributed by atoms with Gasteiger partial charge in [0.1, 0.15) is 0 Å². The van der Waals surface area contributed by atoms with Crippen LogP contribution in [0.1, 0.15) is 12.1 Å². The minimum Gasteiger partial charge on any atom is -0.481 e. The van der Waals surface area contributed by atoms with Gasteiger partial charge in [0, 0.05) is 17.8 Å². The third kappa shape index (κ3) is 2.77. The number of nitrogens with zero attached hydrogens (tertiary/aromatic N) is 2. The van der Waals surface area contributed by atoms with Crippen molar-refractivity contribution in [3.8, 4) is 5.88 Å². The number of hydrogen-bond donors (Lipinski definition) is 2. The lowest BCUT2D eigenvalue weighted by molar-refractivity contribution is -0.140. The first-order valence-electron chi connectivity index (χ1n) is 5.66. The van der Waals surface area contributed by atoms with Crippen LogP contribution in [0, 0.1) is 12.8 Å². The molecule has 1 aliphatic carbocycles. The average Bonchev–Trinajstić information content (AvgIpc) is 2.76. The standard InChI is InChI=1S/C12H15N3O3/c1-7-5-10(18-2)15-12(13-7)14-9-4-3-8(6-9)11(16)17/h3-5,8-9H,6H2,1-2H3,(H,16,17)(H,13,14,15). The number of carboxylic acids is 1. The summed E-state index contributed by atoms with van der Waals surface area (Å²) in [6, 6.07) is 1.67. The normalized spacial score (nSPS) is 21.9. The van der Waals surface area contributed by atoms with E-state index in [-0.39, 0.29) is 6.04 Å². The summed E-state index contributed by atoms with van der Waals surface area (Å²) in [5, 5.41) is 12.0. The van der Waals surface area contributed by atoms with E-state index in [1.54, 1.807) is 19.3 Å². The van der Waals surface area contributed by atoms with Crippen LogP contribution in [-0.2, 0) is 4.79 Å². The molecule has 0 saturated heterocycles. The second-order valence-corrected chi connectivity index (χ2v) is 4.19. The molecule has 0 radical (unpaired) electrons. The maximum Gasteiger partial charge on any atom is 0.310 e. The maximum atomic E-state index is 10.8. The summed E-state index contributed by atoms with van der Waals surface area (Å²) in [6.45, 7) is 1.85. The van der Waals surface area contributed by atoms with E-state index in [1.165, 1.54) is 0 Å². The Bertz CT molecular complexity index is 487. The van der Waals surface area contributed by atoms with Gasteiger partial charge >= 0.3 is 5.97 Å². The van der Waals surface area contributed by atoms with Crippen molar-refractivity contribution in [2.75, 3.05) is 12.4 Å². The molecule has 1 aliphatic rings. The number of ether oxygens (including phenoxy) is 1. The van der Waals surface area contributed by atoms with Crippen molar-refractivity contribution in [2.24, 2.45) is 5.92 Å². The van der Waals surface area contributed by atoms with Gasteiger partial charge in [0.05, 0.1) is 13.0 Å². The number of nitrogens with one attached hydrogen (secondary N) is 1. The van der Waals surface area contributed by atoms with Gasteiger partial charge in [0.25, 0.3) is 0 Å². The van der Waals surface area contributed by atoms with E-state index in [9.17, 15) is 4.79 Å². The van der Waals surface area contributed by atoms with Gasteiger partial charge in [-0.2, -0.15) is 4.98 Å². The lowest BCUT2D eigenvalue weighted by atomic mass is 10.1. The van der Waals surface area contributed by atoms with Gasteiger partial charge in [-0.25, -0.2) is 4.98 Å². The molecule has 96 valence electrons. The third-order valence-corrected chi connectivity index (χ3v) is 2.76. The van der Waals surface area contributed by atoms with Crippen LogP contribution in [0.3, 0.4) is 0 Å². The molecule has 18 heavy (non-hydrogen) atoms. The zero-order chi connectivity index (χ0) is 13.1. The Labute approximate surface area is 105 Å². The Morgan fingerprint density at radius 3 is 2.89 bits per heavy atom. The van der Waals surface area contributed by atoms with Crippen LogP contribution in [-0.4, -0.2) is 34.2 Å². The van der Waals surface area contributed by atoms with Crippen molar-refractivity contribution in [3.63, 3.8) is 0 Å². The largest absolute Gasteiger partial charge is 0.481 e. The van der Waals surface area contributed by atoms with E-state index in [0.717, 1.165) is 5.69 Å². The summed E-state index contributed by atoms with van der Waals surface area (Å²) in [5.41, 5.74) is 0.793. The molecule has 0 amide bonds. The molecule has 1 heterocycles. The summed E-state index contributed by atoms with van der Waals surface area (Å²) in [6.07, 6.45) is 4.03. The number of aromatic nitrogens is 2. The molecule has 0 aromatic carbocycles. The molecule has 2 rings (SSSR count). The average molecular weight is 249 g/mol. The Morgan fingerprint density at radius 2 is 2.28 bits per heavy atom. The number of rotatable bonds is 4. The van der Waals surface area contributed by atoms with Crippen molar-refractivity contribution in [3.05, 3.63) is 23.9 Å². The summed E-state index contributed by atoms with van der Waals surface area (Å²) in [5.74, 6) is -0.304. The van der Waals surface area contributed by atoms with Gasteiger partial charge in [-0.15, -0.1) is 0 Å². The van der Waals surface area contributed by atoms with E-state index in [4.69, 9.17) is 9.84 Å². The molecule has 2 atom stereocenters. The van der Waals surface area contributed by atoms with E-state index in [2.05, 4.69) is 15.3 Å². The number of aliphatic carboxylic acids is 1. The SMILES string of the molecule is COc1cc(C)nc(NC2C=CC(C(=O)O)C2)n1. The van der Waals surface area contributed by atoms with E-state index in [0.29, 0.717) is 18.2 Å². The quantitative estimate of drug-likeness (QED) is 0.781. The highest BCUT2D eigenvalue weighted by molar-refractivity contribution is 5.73. The molecule has 0 saturated carbocycles. The molecule has 6 heteroatoms. The maximum absolute atomic E-state index is 10.8. The minimum atomic E-state index is -0.807. The van der Waals surface area contributed by atoms with Crippen molar-refractivity contribution >= 4 is 11.9 Å². The van der Waals surface area contributed by atoms with Crippen molar-refractivity contribution in [1.82, 2.24) is 9.97 Å². The lowest BCUT2D eigenvalue weighted by Gasteiger charge is -2.13. The monoisotopic (exact) mass is 249 g/mol. The zero-order valence-electron chi connectivity index (χ0n) is 10.3. The highest BCUT2D eigenvalue weighted by Gasteiger charge is 2.24. The lowest BCUT2D eigenvalue weighted by Crippen LogP contribution is -2.20. The molecule has 0 fully saturated rings. The summed E-state index contributed by atoms with van der Waals surface area (Å²) < 4.78 is 5.06. The van der Waals surface area contributed by atoms with Crippen LogP contribution in [0.15, 0.2) is 18.2 Å². The molecule has 6 nitrogen and oxygen atoms in total. The Hall–Kier alpha value is -2.11. The first-order valence-corrected chi connectivity index (χ1v) is 5.66. The Morgan fingerprint density at radius 1 is 1.50 bits per heavy atom. The number of anilines is 1. The molecular weight excluding hydrogens is 234 g/mol. The van der Waals surface area contributed by atoms with Gasteiger partial charge in [0.2, 0.25) is 11.8 Å². The fourth-order valence-corrected chi connectivity index (χ4v) is 1.86. The highest BCUT2D eigenvalue weighted by Crippen LogP contribution is 2.21. The molecule has 0 spiro atoms. The smallest absolute Gasteiger partial charge is 0.310 e. The van der Waals surface area contributed by atoms with Crippen LogP contribution >= 0.6 is 0 Å². The number of methoxy groups -OCH3 is 1. The highest BCUT2D eigenvalue weighted by atomic mass is 16.5. The fraction of sp³-hybridized carbons (Fsp3) is 0.417. The second-order valence-electron chi connectivity index (χ2n) is 4.19. The number of hydrogen-bond acceptors (Lipinski definition) is 5. The van der Waals surface area contributed by atoms with E-state index >= 15 is 0 Å². The van der Waals surface area contributed by atoms with Gasteiger partial charge in [-0.05, 0) is 13.3 Å². The minimum absolute atomic E-state index is 0.0578. The molecule has 0 aliphatic heterocycles. The van der Waals surface area contributed by atoms with Crippen LogP contribution in [0.2, 0.25) is 0 Å². The van der Waals surface area contributed by atoms with Crippen molar-refractivity contribution in [2.45, 2.75) is 19.4 Å². The van der Waals surface area contributed by atoms with Gasteiger partial charge in [-0.1, -0.05) is 12.2 Å². The number of aryl methyl sites for hydroxylation is 1. The van der Waals surface area contributed by atoms with Crippen molar-refractivity contribution < 1.29 is 14.6 Å². The predicted octanol–water partition coefficient (Wildman–Crippen LogP) is 1.23. The molecule has 0 bridgehead atoms. The van der Waals surface area contributed by atoms with E-state index < -0.39 is 11.9 Å². The zero-order valence-corrected chi connectivity index (χ0v) is 10.3. The molecule has 1 aromatic rings. The van der Waals surface area contributed by atoms with Gasteiger partial charge < -0.3 is 15.2 Å². The molecule has 2 unspecified atom stereocenters. The predicted molar refractivity (Wildman–Crippen MR) is 65.6 cm³/mol. The van der Waals surface area contributed by atoms with Crippen molar-refractivity contribution in [1.29, 1.82) is 0 Å². The van der Waals surface area contributed by atoms with E-state index in [1.807, 2.05) is 13.0 Å². The van der Waals surface area contributed by atoms with Crippen LogP contribution in [0.25, 0.3) is 0 Å². The fourth-order valence-electron chi connectivity index (χ4n) is 1.86. The van der Waals surface area contributed by atoms with Gasteiger partial charge in [-0.3, -0.25) is 4.79 Å². The number of carboxylic acid groups (broad SMARTS) is 1. The molecule has 2 N–H and O–H groups in total. The summed E-state index contributed by atoms with van der Waals surface area (Å²) >= 11 is 0. The van der Waals surface area contributed by atoms with Gasteiger partial charge in [0.15, 0.2) is 0 Å². The van der Waals surface area contributed by atoms with Crippen LogP contribution < -0.4 is 10.1 Å². The topological polar surface area (TPSA) is 84.3 Å². The molecular formula is C12H15N3O3. The Balaban J connectivity index is 2.05.